The van der Waals surface area contributed by atoms with Gasteiger partial charge < -0.3 is 15.0 Å². The highest BCUT2D eigenvalue weighted by molar-refractivity contribution is 7.92. The third-order valence-corrected chi connectivity index (χ3v) is 7.65. The molecule has 0 aromatic heterocycles. The van der Waals surface area contributed by atoms with E-state index in [4.69, 9.17) is 4.74 Å². The zero-order chi connectivity index (χ0) is 28.1. The molecule has 0 unspecified atom stereocenters. The van der Waals surface area contributed by atoms with Crippen LogP contribution in [0.1, 0.15) is 58.9 Å². The van der Waals surface area contributed by atoms with Gasteiger partial charge in [0, 0.05) is 25.6 Å². The maximum atomic E-state index is 13.5. The number of carbonyl (C=O) groups excluding carboxylic acids is 2. The Labute approximate surface area is 228 Å². The number of ether oxygens (including phenoxy) is 1. The zero-order valence-electron chi connectivity index (χ0n) is 23.4. The highest BCUT2D eigenvalue weighted by Crippen LogP contribution is 2.22. The summed E-state index contributed by atoms with van der Waals surface area (Å²) in [6, 6.07) is 16.1. The van der Waals surface area contributed by atoms with Gasteiger partial charge in [0.15, 0.2) is 0 Å². The van der Waals surface area contributed by atoms with Gasteiger partial charge in [0.1, 0.15) is 11.8 Å². The first-order valence-corrected chi connectivity index (χ1v) is 15.3. The molecule has 0 spiro atoms. The summed E-state index contributed by atoms with van der Waals surface area (Å²) in [4.78, 5) is 28.2. The molecule has 8 nitrogen and oxygen atoms in total. The molecule has 2 rings (SSSR count). The van der Waals surface area contributed by atoms with Crippen LogP contribution >= 0.6 is 0 Å². The van der Waals surface area contributed by atoms with E-state index in [0.29, 0.717) is 43.9 Å². The van der Waals surface area contributed by atoms with Gasteiger partial charge >= 0.3 is 0 Å². The Bertz CT molecular complexity index is 1110. The molecule has 0 aliphatic heterocycles. The number of nitrogens with zero attached hydrogens (tertiary/aromatic N) is 2. The van der Waals surface area contributed by atoms with Crippen LogP contribution in [0, 0.1) is 0 Å². The lowest BCUT2D eigenvalue weighted by Gasteiger charge is -2.32. The lowest BCUT2D eigenvalue weighted by atomic mass is 10.1. The number of carbonyl (C=O) groups is 2. The monoisotopic (exact) mass is 545 g/mol. The number of benzene rings is 2. The third kappa shape index (κ3) is 9.67. The molecule has 210 valence electrons. The maximum absolute atomic E-state index is 13.5. The van der Waals surface area contributed by atoms with E-state index in [1.165, 1.54) is 4.31 Å². The Hall–Kier alpha value is -3.07. The Kier molecular flexibility index (Phi) is 12.6. The third-order valence-electron chi connectivity index (χ3n) is 6.46. The molecule has 0 aliphatic rings. The predicted octanol–water partition coefficient (Wildman–Crippen LogP) is 4.40. The van der Waals surface area contributed by atoms with Crippen molar-refractivity contribution in [3.05, 3.63) is 60.2 Å². The van der Waals surface area contributed by atoms with E-state index in [-0.39, 0.29) is 30.8 Å². The molecule has 2 amide bonds. The number of hydrogen-bond donors (Lipinski definition) is 1. The van der Waals surface area contributed by atoms with Crippen LogP contribution in [0.25, 0.3) is 0 Å². The molecule has 0 radical (unpaired) electrons. The fourth-order valence-electron chi connectivity index (χ4n) is 4.22. The van der Waals surface area contributed by atoms with Gasteiger partial charge in [0.25, 0.3) is 0 Å². The molecule has 1 N–H and O–H groups in total. The smallest absolute Gasteiger partial charge is 0.243 e. The van der Waals surface area contributed by atoms with E-state index in [1.54, 1.807) is 29.2 Å². The summed E-state index contributed by atoms with van der Waals surface area (Å²) in [5.41, 5.74) is 1.60. The van der Waals surface area contributed by atoms with Crippen molar-refractivity contribution in [2.45, 2.75) is 71.9 Å². The summed E-state index contributed by atoms with van der Waals surface area (Å²) in [7, 11) is -3.55. The van der Waals surface area contributed by atoms with Gasteiger partial charge in [0.05, 0.1) is 18.6 Å². The van der Waals surface area contributed by atoms with Crippen molar-refractivity contribution in [2.75, 3.05) is 30.3 Å². The summed E-state index contributed by atoms with van der Waals surface area (Å²) in [6.07, 6.45) is 3.53. The molecule has 2 aromatic rings. The van der Waals surface area contributed by atoms with Gasteiger partial charge in [-0.05, 0) is 69.4 Å². The van der Waals surface area contributed by atoms with Crippen LogP contribution in [0.4, 0.5) is 5.69 Å². The van der Waals surface area contributed by atoms with Gasteiger partial charge in [0.2, 0.25) is 21.8 Å². The molecule has 0 saturated carbocycles. The molecule has 0 saturated heterocycles. The zero-order valence-corrected chi connectivity index (χ0v) is 24.2. The second-order valence-corrected chi connectivity index (χ2v) is 11.3. The van der Waals surface area contributed by atoms with E-state index in [9.17, 15) is 18.0 Å². The van der Waals surface area contributed by atoms with Crippen LogP contribution in [0.3, 0.4) is 0 Å². The number of rotatable bonds is 16. The average Bonchev–Trinajstić information content (AvgIpc) is 2.89. The molecule has 2 aromatic carbocycles. The summed E-state index contributed by atoms with van der Waals surface area (Å²) in [5.74, 6) is 0.345. The molecular weight excluding hydrogens is 502 g/mol. The van der Waals surface area contributed by atoms with Crippen LogP contribution in [0.5, 0.6) is 5.75 Å². The van der Waals surface area contributed by atoms with Crippen LogP contribution < -0.4 is 14.4 Å². The van der Waals surface area contributed by atoms with E-state index < -0.39 is 16.1 Å². The lowest BCUT2D eigenvalue weighted by Crippen LogP contribution is -2.51. The number of hydrogen-bond acceptors (Lipinski definition) is 5. The molecule has 0 bridgehead atoms. The van der Waals surface area contributed by atoms with Crippen molar-refractivity contribution >= 4 is 27.5 Å². The fraction of sp³-hybridized carbons (Fsp3) is 0.517. The van der Waals surface area contributed by atoms with E-state index >= 15 is 0 Å². The van der Waals surface area contributed by atoms with Crippen molar-refractivity contribution in [3.8, 4) is 5.75 Å². The summed E-state index contributed by atoms with van der Waals surface area (Å²) in [6.45, 7) is 8.82. The number of nitrogens with one attached hydrogen (secondary N) is 1. The molecule has 9 heteroatoms. The summed E-state index contributed by atoms with van der Waals surface area (Å²) >= 11 is 0. The van der Waals surface area contributed by atoms with Crippen LogP contribution in [0.2, 0.25) is 0 Å². The first kappa shape index (κ1) is 31.1. The Morgan fingerprint density at radius 3 is 2.16 bits per heavy atom. The van der Waals surface area contributed by atoms with Gasteiger partial charge in [-0.3, -0.25) is 13.9 Å². The highest BCUT2D eigenvalue weighted by atomic mass is 32.2. The first-order valence-electron chi connectivity index (χ1n) is 13.4. The quantitative estimate of drug-likeness (QED) is 0.337. The molecule has 38 heavy (non-hydrogen) atoms. The number of amides is 2. The SMILES string of the molecule is CCOc1ccc(N(CCCC(=O)N(CCc2ccccc2)[C@H](CC)C(=O)N[C@@H](C)CC)S(C)(=O)=O)cc1. The van der Waals surface area contributed by atoms with E-state index in [1.807, 2.05) is 58.0 Å². The molecule has 0 fully saturated rings. The molecule has 0 heterocycles. The Morgan fingerprint density at radius 1 is 0.947 bits per heavy atom. The standard InChI is InChI=1S/C29H43N3O5S/c1-6-23(4)30-29(34)27(7-2)31(22-20-24-13-10-9-11-14-24)28(33)15-12-21-32(38(5,35)36)25-16-18-26(19-17-25)37-8-3/h9-11,13-14,16-19,23,27H,6-8,12,15,20-22H2,1-5H3,(H,30,34)/t23-,27+/m0/s1. The van der Waals surface area contributed by atoms with Crippen molar-refractivity contribution in [1.82, 2.24) is 10.2 Å². The summed E-state index contributed by atoms with van der Waals surface area (Å²) < 4.78 is 31.8. The largest absolute Gasteiger partial charge is 0.494 e. The minimum absolute atomic E-state index is 0.0139. The average molecular weight is 546 g/mol. The molecule has 0 aliphatic carbocycles. The van der Waals surface area contributed by atoms with Crippen LogP contribution in [-0.2, 0) is 26.0 Å². The van der Waals surface area contributed by atoms with E-state index in [0.717, 1.165) is 18.2 Å². The van der Waals surface area contributed by atoms with Gasteiger partial charge in [-0.15, -0.1) is 0 Å². The first-order chi connectivity index (χ1) is 18.1. The molecular formula is C29H43N3O5S. The van der Waals surface area contributed by atoms with Crippen molar-refractivity contribution in [3.63, 3.8) is 0 Å². The van der Waals surface area contributed by atoms with E-state index in [2.05, 4.69) is 5.32 Å². The van der Waals surface area contributed by atoms with Crippen LogP contribution in [0.15, 0.2) is 54.6 Å². The normalized spacial score (nSPS) is 12.9. The molecule has 2 atom stereocenters. The fourth-order valence-corrected chi connectivity index (χ4v) is 5.18. The van der Waals surface area contributed by atoms with Crippen LogP contribution in [-0.4, -0.2) is 63.2 Å². The second-order valence-electron chi connectivity index (χ2n) is 9.43. The lowest BCUT2D eigenvalue weighted by molar-refractivity contribution is -0.141. The topological polar surface area (TPSA) is 96.0 Å². The predicted molar refractivity (Wildman–Crippen MR) is 153 cm³/mol. The minimum atomic E-state index is -3.55. The highest BCUT2D eigenvalue weighted by Gasteiger charge is 2.29. The van der Waals surface area contributed by atoms with Gasteiger partial charge in [-0.1, -0.05) is 44.2 Å². The number of anilines is 1. The van der Waals surface area contributed by atoms with Crippen molar-refractivity contribution < 1.29 is 22.7 Å². The van der Waals surface area contributed by atoms with Crippen molar-refractivity contribution in [1.29, 1.82) is 0 Å². The maximum Gasteiger partial charge on any atom is 0.243 e. The van der Waals surface area contributed by atoms with Gasteiger partial charge in [-0.25, -0.2) is 8.42 Å². The Balaban J connectivity index is 2.15. The summed E-state index contributed by atoms with van der Waals surface area (Å²) in [5, 5.41) is 3.01. The number of sulfonamides is 1. The van der Waals surface area contributed by atoms with Crippen molar-refractivity contribution in [2.24, 2.45) is 0 Å². The second kappa shape index (κ2) is 15.4. The minimum Gasteiger partial charge on any atom is -0.494 e. The Morgan fingerprint density at radius 2 is 1.61 bits per heavy atom. The van der Waals surface area contributed by atoms with Gasteiger partial charge in [-0.2, -0.15) is 0 Å².